The highest BCUT2D eigenvalue weighted by Crippen LogP contribution is 2.23. The molecule has 2 aromatic rings. The molecule has 0 amide bonds. The molecular formula is C19H23F3N4. The Morgan fingerprint density at radius 1 is 1.04 bits per heavy atom. The lowest BCUT2D eigenvalue weighted by molar-refractivity contribution is 0.282. The van der Waals surface area contributed by atoms with E-state index in [0.717, 1.165) is 5.56 Å². The first-order valence-electron chi connectivity index (χ1n) is 8.21. The van der Waals surface area contributed by atoms with Gasteiger partial charge >= 0.3 is 0 Å². The van der Waals surface area contributed by atoms with Crippen LogP contribution in [0.5, 0.6) is 0 Å². The van der Waals surface area contributed by atoms with Crippen molar-refractivity contribution in [3.8, 4) is 0 Å². The van der Waals surface area contributed by atoms with Crippen molar-refractivity contribution in [2.24, 2.45) is 4.99 Å². The van der Waals surface area contributed by atoms with Gasteiger partial charge in [-0.2, -0.15) is 0 Å². The molecule has 7 heteroatoms. The summed E-state index contributed by atoms with van der Waals surface area (Å²) in [4.78, 5) is 5.82. The van der Waals surface area contributed by atoms with Crippen LogP contribution >= 0.6 is 0 Å². The van der Waals surface area contributed by atoms with E-state index in [-0.39, 0.29) is 17.9 Å². The number of nitrogens with zero attached hydrogens (tertiary/aromatic N) is 2. The molecule has 0 fully saturated rings. The third-order valence-electron chi connectivity index (χ3n) is 3.99. The minimum Gasteiger partial charge on any atom is -0.354 e. The molecular weight excluding hydrogens is 341 g/mol. The van der Waals surface area contributed by atoms with Crippen LogP contribution in [-0.4, -0.2) is 38.5 Å². The summed E-state index contributed by atoms with van der Waals surface area (Å²) in [5.41, 5.74) is 0.767. The first-order valence-corrected chi connectivity index (χ1v) is 8.21. The number of hydrogen-bond donors (Lipinski definition) is 2. The van der Waals surface area contributed by atoms with Gasteiger partial charge in [-0.1, -0.05) is 18.2 Å². The van der Waals surface area contributed by atoms with Crippen LogP contribution in [0.4, 0.5) is 13.2 Å². The Hall–Kier alpha value is -2.54. The minimum absolute atomic E-state index is 0.00517. The van der Waals surface area contributed by atoms with Crippen molar-refractivity contribution in [2.45, 2.75) is 12.6 Å². The topological polar surface area (TPSA) is 39.7 Å². The Kier molecular flexibility index (Phi) is 7.03. The molecule has 1 unspecified atom stereocenters. The van der Waals surface area contributed by atoms with Crippen molar-refractivity contribution < 1.29 is 13.2 Å². The average Bonchev–Trinajstić information content (AvgIpc) is 2.59. The number of hydrogen-bond acceptors (Lipinski definition) is 2. The van der Waals surface area contributed by atoms with Crippen LogP contribution in [-0.2, 0) is 6.54 Å². The van der Waals surface area contributed by atoms with E-state index in [1.54, 1.807) is 38.2 Å². The van der Waals surface area contributed by atoms with E-state index in [9.17, 15) is 13.2 Å². The van der Waals surface area contributed by atoms with Gasteiger partial charge in [0.05, 0.1) is 6.04 Å². The van der Waals surface area contributed by atoms with Crippen LogP contribution in [0.1, 0.15) is 17.2 Å². The Bertz CT molecular complexity index is 742. The number of guanidine groups is 1. The summed E-state index contributed by atoms with van der Waals surface area (Å²) in [6, 6.07) is 9.53. The fourth-order valence-electron chi connectivity index (χ4n) is 2.62. The molecule has 2 rings (SSSR count). The second-order valence-corrected chi connectivity index (χ2v) is 6.05. The number of benzene rings is 2. The molecule has 0 aliphatic carbocycles. The Balaban J connectivity index is 2.03. The highest BCUT2D eigenvalue weighted by Gasteiger charge is 2.22. The Morgan fingerprint density at radius 3 is 2.27 bits per heavy atom. The van der Waals surface area contributed by atoms with Gasteiger partial charge < -0.3 is 15.5 Å². The molecule has 4 nitrogen and oxygen atoms in total. The van der Waals surface area contributed by atoms with E-state index in [2.05, 4.69) is 15.6 Å². The summed E-state index contributed by atoms with van der Waals surface area (Å²) in [5, 5.41) is 6.11. The van der Waals surface area contributed by atoms with Gasteiger partial charge in [0.2, 0.25) is 0 Å². The molecule has 0 saturated carbocycles. The van der Waals surface area contributed by atoms with Crippen LogP contribution in [0.2, 0.25) is 0 Å². The molecule has 0 radical (unpaired) electrons. The molecule has 1 atom stereocenters. The predicted octanol–water partition coefficient (Wildman–Crippen LogP) is 3.07. The summed E-state index contributed by atoms with van der Waals surface area (Å²) >= 11 is 0. The number of aliphatic imine (C=N–C) groups is 1. The third-order valence-corrected chi connectivity index (χ3v) is 3.99. The molecule has 26 heavy (non-hydrogen) atoms. The lowest BCUT2D eigenvalue weighted by Crippen LogP contribution is -2.41. The maximum Gasteiger partial charge on any atom is 0.191 e. The molecule has 0 aliphatic rings. The average molecular weight is 364 g/mol. The van der Waals surface area contributed by atoms with Crippen LogP contribution < -0.4 is 10.6 Å². The Morgan fingerprint density at radius 2 is 1.69 bits per heavy atom. The van der Waals surface area contributed by atoms with Gasteiger partial charge in [0.25, 0.3) is 0 Å². The van der Waals surface area contributed by atoms with Gasteiger partial charge in [-0.25, -0.2) is 13.2 Å². The van der Waals surface area contributed by atoms with Crippen molar-refractivity contribution in [2.75, 3.05) is 27.7 Å². The second kappa shape index (κ2) is 9.24. The fourth-order valence-corrected chi connectivity index (χ4v) is 2.62. The van der Waals surface area contributed by atoms with Gasteiger partial charge in [-0.15, -0.1) is 0 Å². The van der Waals surface area contributed by atoms with E-state index < -0.39 is 17.7 Å². The molecule has 2 N–H and O–H groups in total. The van der Waals surface area contributed by atoms with E-state index >= 15 is 0 Å². The standard InChI is InChI=1S/C19H23F3N4/c1-23-19(24-11-13-6-4-7-14(20)10-13)25-12-17(26(2)3)18-15(21)8-5-9-16(18)22/h4-10,17H,11-12H2,1-3H3,(H2,23,24,25). The molecule has 0 spiro atoms. The maximum atomic E-state index is 14.1. The molecule has 140 valence electrons. The van der Waals surface area contributed by atoms with Crippen molar-refractivity contribution in [1.29, 1.82) is 0 Å². The van der Waals surface area contributed by atoms with E-state index in [0.29, 0.717) is 12.5 Å². The highest BCUT2D eigenvalue weighted by atomic mass is 19.1. The van der Waals surface area contributed by atoms with Crippen LogP contribution in [0, 0.1) is 17.5 Å². The van der Waals surface area contributed by atoms with Crippen LogP contribution in [0.15, 0.2) is 47.5 Å². The second-order valence-electron chi connectivity index (χ2n) is 6.05. The number of rotatable bonds is 6. The molecule has 0 aliphatic heterocycles. The highest BCUT2D eigenvalue weighted by molar-refractivity contribution is 5.79. The zero-order chi connectivity index (χ0) is 19.1. The van der Waals surface area contributed by atoms with E-state index in [4.69, 9.17) is 0 Å². The molecule has 0 aromatic heterocycles. The summed E-state index contributed by atoms with van der Waals surface area (Å²) < 4.78 is 41.4. The van der Waals surface area contributed by atoms with Crippen LogP contribution in [0.3, 0.4) is 0 Å². The van der Waals surface area contributed by atoms with Gasteiger partial charge in [-0.05, 0) is 43.9 Å². The van der Waals surface area contributed by atoms with E-state index in [1.165, 1.54) is 30.3 Å². The number of likely N-dealkylation sites (N-methyl/N-ethyl adjacent to an activating group) is 1. The summed E-state index contributed by atoms with van der Waals surface area (Å²) in [5.74, 6) is -1.03. The van der Waals surface area contributed by atoms with Crippen molar-refractivity contribution in [3.05, 3.63) is 71.0 Å². The lowest BCUT2D eigenvalue weighted by atomic mass is 10.0. The maximum absolute atomic E-state index is 14.1. The zero-order valence-corrected chi connectivity index (χ0v) is 15.1. The van der Waals surface area contributed by atoms with Crippen LogP contribution in [0.25, 0.3) is 0 Å². The fraction of sp³-hybridized carbons (Fsp3) is 0.316. The Labute approximate surface area is 151 Å². The first kappa shape index (κ1) is 19.8. The normalized spacial score (nSPS) is 13.0. The smallest absolute Gasteiger partial charge is 0.191 e. The number of halogens is 3. The SMILES string of the molecule is CN=C(NCc1cccc(F)c1)NCC(c1c(F)cccc1F)N(C)C. The van der Waals surface area contributed by atoms with Crippen molar-refractivity contribution in [1.82, 2.24) is 15.5 Å². The molecule has 0 bridgehead atoms. The largest absolute Gasteiger partial charge is 0.354 e. The first-order chi connectivity index (χ1) is 12.4. The monoisotopic (exact) mass is 364 g/mol. The third kappa shape index (κ3) is 5.23. The predicted molar refractivity (Wildman–Crippen MR) is 97.4 cm³/mol. The summed E-state index contributed by atoms with van der Waals surface area (Å²) in [6.07, 6.45) is 0. The summed E-state index contributed by atoms with van der Waals surface area (Å²) in [7, 11) is 5.09. The zero-order valence-electron chi connectivity index (χ0n) is 15.1. The van der Waals surface area contributed by atoms with Gasteiger partial charge in [0, 0.05) is 25.7 Å². The van der Waals surface area contributed by atoms with Crippen molar-refractivity contribution >= 4 is 5.96 Å². The molecule has 2 aromatic carbocycles. The van der Waals surface area contributed by atoms with E-state index in [1.807, 2.05) is 0 Å². The number of nitrogens with one attached hydrogen (secondary N) is 2. The van der Waals surface area contributed by atoms with Gasteiger partial charge in [0.1, 0.15) is 17.5 Å². The molecule has 0 saturated heterocycles. The van der Waals surface area contributed by atoms with Gasteiger partial charge in [0.15, 0.2) is 5.96 Å². The molecule has 0 heterocycles. The summed E-state index contributed by atoms with van der Waals surface area (Å²) in [6.45, 7) is 0.617. The van der Waals surface area contributed by atoms with Gasteiger partial charge in [-0.3, -0.25) is 4.99 Å². The minimum atomic E-state index is -0.590. The van der Waals surface area contributed by atoms with Crippen molar-refractivity contribution in [3.63, 3.8) is 0 Å². The quantitative estimate of drug-likeness (QED) is 0.611. The lowest BCUT2D eigenvalue weighted by Gasteiger charge is -2.26.